The molecule has 0 unspecified atom stereocenters. The van der Waals surface area contributed by atoms with E-state index < -0.39 is 10.0 Å². The van der Waals surface area contributed by atoms with Crippen molar-refractivity contribution in [2.45, 2.75) is 10.6 Å². The van der Waals surface area contributed by atoms with Gasteiger partial charge < -0.3 is 9.14 Å². The number of sulfonamides is 1. The zero-order chi connectivity index (χ0) is 15.6. The van der Waals surface area contributed by atoms with Crippen LogP contribution in [0, 0.1) is 0 Å². The van der Waals surface area contributed by atoms with Crippen molar-refractivity contribution >= 4 is 27.0 Å². The van der Waals surface area contributed by atoms with E-state index in [-0.39, 0.29) is 0 Å². The second-order valence-corrected chi connectivity index (χ2v) is 7.56. The first kappa shape index (κ1) is 15.0. The van der Waals surface area contributed by atoms with E-state index in [4.69, 9.17) is 4.74 Å². The Morgan fingerprint density at radius 1 is 1.36 bits per heavy atom. The molecule has 3 aromatic heterocycles. The van der Waals surface area contributed by atoms with E-state index in [0.29, 0.717) is 22.9 Å². The molecule has 1 N–H and O–H groups in total. The van der Waals surface area contributed by atoms with Crippen molar-refractivity contribution < 1.29 is 13.2 Å². The normalized spacial score (nSPS) is 11.9. The van der Waals surface area contributed by atoms with Gasteiger partial charge in [0.1, 0.15) is 4.21 Å². The number of ether oxygens (including phenoxy) is 1. The van der Waals surface area contributed by atoms with Crippen molar-refractivity contribution in [3.63, 3.8) is 0 Å². The van der Waals surface area contributed by atoms with E-state index in [1.807, 2.05) is 28.9 Å². The Hall–Kier alpha value is -1.90. The van der Waals surface area contributed by atoms with Crippen LogP contribution in [0.4, 0.5) is 0 Å². The van der Waals surface area contributed by atoms with Gasteiger partial charge in [-0.05, 0) is 23.6 Å². The van der Waals surface area contributed by atoms with Crippen molar-refractivity contribution in [2.24, 2.45) is 0 Å². The quantitative estimate of drug-likeness (QED) is 0.746. The number of hydrogen-bond acceptors (Lipinski definition) is 5. The molecule has 0 bridgehead atoms. The second kappa shape index (κ2) is 6.07. The van der Waals surface area contributed by atoms with Crippen LogP contribution in [-0.4, -0.2) is 31.5 Å². The molecule has 0 saturated heterocycles. The molecule has 3 heterocycles. The summed E-state index contributed by atoms with van der Waals surface area (Å²) >= 11 is 1.20. The molecule has 0 radical (unpaired) electrons. The number of fused-ring (bicyclic) bond motifs is 1. The smallest absolute Gasteiger partial charge is 0.250 e. The molecular weight excluding hydrogens is 322 g/mol. The van der Waals surface area contributed by atoms with Gasteiger partial charge in [0.2, 0.25) is 10.0 Å². The summed E-state index contributed by atoms with van der Waals surface area (Å²) in [5, 5.41) is 1.74. The molecule has 6 nitrogen and oxygen atoms in total. The molecule has 0 saturated carbocycles. The Labute approximate surface area is 132 Å². The molecular formula is C14H15N3O3S2. The van der Waals surface area contributed by atoms with Gasteiger partial charge in [0, 0.05) is 25.4 Å². The van der Waals surface area contributed by atoms with Crippen molar-refractivity contribution in [1.82, 2.24) is 14.1 Å². The summed E-state index contributed by atoms with van der Waals surface area (Å²) in [6, 6.07) is 7.01. The van der Waals surface area contributed by atoms with Crippen LogP contribution in [0.15, 0.2) is 46.2 Å². The van der Waals surface area contributed by atoms with Gasteiger partial charge in [-0.2, -0.15) is 0 Å². The van der Waals surface area contributed by atoms with Gasteiger partial charge in [0.25, 0.3) is 0 Å². The molecule has 0 aliphatic heterocycles. The molecule has 22 heavy (non-hydrogen) atoms. The highest BCUT2D eigenvalue weighted by molar-refractivity contribution is 7.91. The lowest BCUT2D eigenvalue weighted by molar-refractivity contribution is 0.417. The van der Waals surface area contributed by atoms with Crippen molar-refractivity contribution in [1.29, 1.82) is 0 Å². The zero-order valence-corrected chi connectivity index (χ0v) is 13.5. The summed E-state index contributed by atoms with van der Waals surface area (Å²) < 4.78 is 34.0. The SMILES string of the molecule is COc1cccn2cc(CCNS(=O)(=O)c3cccs3)nc12. The lowest BCUT2D eigenvalue weighted by Crippen LogP contribution is -2.25. The highest BCUT2D eigenvalue weighted by Crippen LogP contribution is 2.19. The molecule has 0 amide bonds. The maximum Gasteiger partial charge on any atom is 0.250 e. The van der Waals surface area contributed by atoms with Crippen LogP contribution in [0.5, 0.6) is 5.75 Å². The first-order chi connectivity index (χ1) is 10.6. The molecule has 8 heteroatoms. The topological polar surface area (TPSA) is 72.7 Å². The average Bonchev–Trinajstić information content (AvgIpc) is 3.15. The molecule has 0 aliphatic rings. The first-order valence-corrected chi connectivity index (χ1v) is 9.00. The summed E-state index contributed by atoms with van der Waals surface area (Å²) in [5.74, 6) is 0.688. The van der Waals surface area contributed by atoms with Crippen molar-refractivity contribution in [3.05, 3.63) is 47.7 Å². The fourth-order valence-corrected chi connectivity index (χ4v) is 4.19. The van der Waals surface area contributed by atoms with E-state index in [2.05, 4.69) is 9.71 Å². The summed E-state index contributed by atoms with van der Waals surface area (Å²) in [6.07, 6.45) is 4.26. The van der Waals surface area contributed by atoms with Crippen LogP contribution in [-0.2, 0) is 16.4 Å². The maximum atomic E-state index is 12.0. The number of pyridine rings is 1. The number of nitrogens with one attached hydrogen (secondary N) is 1. The van der Waals surface area contributed by atoms with Gasteiger partial charge in [-0.1, -0.05) is 6.07 Å². The minimum absolute atomic E-state index is 0.298. The van der Waals surface area contributed by atoms with Gasteiger partial charge in [-0.25, -0.2) is 18.1 Å². The number of hydrogen-bond donors (Lipinski definition) is 1. The number of thiophene rings is 1. The van der Waals surface area contributed by atoms with E-state index >= 15 is 0 Å². The van der Waals surface area contributed by atoms with Crippen LogP contribution in [0.1, 0.15) is 5.69 Å². The molecule has 0 aliphatic carbocycles. The minimum atomic E-state index is -3.42. The van der Waals surface area contributed by atoms with Crippen LogP contribution in [0.25, 0.3) is 5.65 Å². The van der Waals surface area contributed by atoms with Crippen molar-refractivity contribution in [2.75, 3.05) is 13.7 Å². The molecule has 116 valence electrons. The molecule has 3 aromatic rings. The van der Waals surface area contributed by atoms with Crippen LogP contribution in [0.2, 0.25) is 0 Å². The van der Waals surface area contributed by atoms with Gasteiger partial charge in [0.05, 0.1) is 12.8 Å². The molecule has 3 rings (SSSR count). The van der Waals surface area contributed by atoms with Crippen LogP contribution in [0.3, 0.4) is 0 Å². The third-order valence-electron chi connectivity index (χ3n) is 3.15. The second-order valence-electron chi connectivity index (χ2n) is 4.62. The van der Waals surface area contributed by atoms with Gasteiger partial charge >= 0.3 is 0 Å². The standard InChI is InChI=1S/C14H15N3O3S2/c1-20-12-4-2-8-17-10-11(16-14(12)17)6-7-15-22(18,19)13-5-3-9-21-13/h2-5,8-10,15H,6-7H2,1H3. The van der Waals surface area contributed by atoms with E-state index in [1.54, 1.807) is 24.6 Å². The summed E-state index contributed by atoms with van der Waals surface area (Å²) in [6.45, 7) is 0.298. The fraction of sp³-hybridized carbons (Fsp3) is 0.214. The van der Waals surface area contributed by atoms with E-state index in [0.717, 1.165) is 11.3 Å². The van der Waals surface area contributed by atoms with E-state index in [9.17, 15) is 8.42 Å². The Bertz CT molecular complexity index is 870. The molecule has 0 atom stereocenters. The summed E-state index contributed by atoms with van der Waals surface area (Å²) in [5.41, 5.74) is 1.53. The third kappa shape index (κ3) is 2.99. The monoisotopic (exact) mass is 337 g/mol. The number of methoxy groups -OCH3 is 1. The largest absolute Gasteiger partial charge is 0.493 e. The molecule has 0 aromatic carbocycles. The summed E-state index contributed by atoms with van der Waals surface area (Å²) in [7, 11) is -1.82. The molecule has 0 fully saturated rings. The number of rotatable bonds is 6. The Balaban J connectivity index is 1.70. The maximum absolute atomic E-state index is 12.0. The number of nitrogens with zero attached hydrogens (tertiary/aromatic N) is 2. The Morgan fingerprint density at radius 3 is 2.95 bits per heavy atom. The third-order valence-corrected chi connectivity index (χ3v) is 6.01. The van der Waals surface area contributed by atoms with Gasteiger partial charge in [-0.3, -0.25) is 0 Å². The van der Waals surface area contributed by atoms with Gasteiger partial charge in [-0.15, -0.1) is 11.3 Å². The lowest BCUT2D eigenvalue weighted by atomic mass is 10.3. The number of aromatic nitrogens is 2. The Kier molecular flexibility index (Phi) is 4.14. The minimum Gasteiger partial charge on any atom is -0.493 e. The predicted molar refractivity (Wildman–Crippen MR) is 85.0 cm³/mol. The van der Waals surface area contributed by atoms with Crippen LogP contribution < -0.4 is 9.46 Å². The predicted octanol–water partition coefficient (Wildman–Crippen LogP) is 1.93. The first-order valence-electron chi connectivity index (χ1n) is 6.64. The lowest BCUT2D eigenvalue weighted by Gasteiger charge is -2.02. The summed E-state index contributed by atoms with van der Waals surface area (Å²) in [4.78, 5) is 4.47. The zero-order valence-electron chi connectivity index (χ0n) is 11.9. The molecule has 0 spiro atoms. The average molecular weight is 337 g/mol. The number of imidazole rings is 1. The van der Waals surface area contributed by atoms with E-state index in [1.165, 1.54) is 11.3 Å². The Morgan fingerprint density at radius 2 is 2.23 bits per heavy atom. The van der Waals surface area contributed by atoms with Gasteiger partial charge in [0.15, 0.2) is 11.4 Å². The highest BCUT2D eigenvalue weighted by Gasteiger charge is 2.14. The van der Waals surface area contributed by atoms with Crippen LogP contribution >= 0.6 is 11.3 Å². The van der Waals surface area contributed by atoms with Crippen molar-refractivity contribution in [3.8, 4) is 5.75 Å². The fourth-order valence-electron chi connectivity index (χ4n) is 2.12. The highest BCUT2D eigenvalue weighted by atomic mass is 32.2.